The van der Waals surface area contributed by atoms with Gasteiger partial charge in [0.25, 0.3) is 10.2 Å². The second-order valence-corrected chi connectivity index (χ2v) is 11.7. The van der Waals surface area contributed by atoms with Crippen LogP contribution in [0.4, 0.5) is 13.2 Å². The van der Waals surface area contributed by atoms with E-state index >= 15 is 0 Å². The number of carbonyl (C=O) groups excluding carboxylic acids is 2. The van der Waals surface area contributed by atoms with Gasteiger partial charge in [-0.2, -0.15) is 35.5 Å². The van der Waals surface area contributed by atoms with E-state index in [1.54, 1.807) is 0 Å². The summed E-state index contributed by atoms with van der Waals surface area (Å²) in [5, 5.41) is 11.6. The fourth-order valence-electron chi connectivity index (χ4n) is 5.05. The average molecular weight is 543 g/mol. The van der Waals surface area contributed by atoms with Crippen LogP contribution in [0.25, 0.3) is 0 Å². The maximum atomic E-state index is 13.5. The lowest BCUT2D eigenvalue weighted by Gasteiger charge is -2.41. The molecule has 4 rings (SSSR count). The van der Waals surface area contributed by atoms with Crippen molar-refractivity contribution in [2.75, 3.05) is 26.2 Å². The quantitative estimate of drug-likeness (QED) is 0.581. The molecule has 0 aliphatic carbocycles. The monoisotopic (exact) mass is 542 g/mol. The normalized spacial score (nSPS) is 25.9. The molecule has 10 nitrogen and oxygen atoms in total. The van der Waals surface area contributed by atoms with Crippen LogP contribution < -0.4 is 5.32 Å². The zero-order valence-corrected chi connectivity index (χ0v) is 21.1. The molecule has 3 fully saturated rings. The fourth-order valence-corrected chi connectivity index (χ4v) is 6.84. The summed E-state index contributed by atoms with van der Waals surface area (Å²) < 4.78 is 66.5. The first-order valence-electron chi connectivity index (χ1n) is 12.2. The minimum atomic E-state index is -4.55. The van der Waals surface area contributed by atoms with E-state index in [0.29, 0.717) is 37.8 Å². The van der Waals surface area contributed by atoms with Crippen molar-refractivity contribution in [2.24, 2.45) is 11.8 Å². The van der Waals surface area contributed by atoms with Crippen molar-refractivity contribution in [2.45, 2.75) is 57.4 Å². The Balaban J connectivity index is 1.37. The van der Waals surface area contributed by atoms with E-state index in [0.717, 1.165) is 12.3 Å². The van der Waals surface area contributed by atoms with E-state index in [-0.39, 0.29) is 44.0 Å². The molecule has 14 heteroatoms. The number of nitrogens with zero attached hydrogens (tertiary/aromatic N) is 5. The Morgan fingerprint density at radius 1 is 1.16 bits per heavy atom. The molecule has 3 aliphatic rings. The van der Waals surface area contributed by atoms with Crippen molar-refractivity contribution in [3.63, 3.8) is 0 Å². The number of nitriles is 1. The van der Waals surface area contributed by atoms with Crippen LogP contribution >= 0.6 is 0 Å². The number of hydrogen-bond acceptors (Lipinski definition) is 6. The molecule has 0 aromatic carbocycles. The Labute approximate surface area is 213 Å². The van der Waals surface area contributed by atoms with Gasteiger partial charge in [0.15, 0.2) is 0 Å². The molecule has 202 valence electrons. The van der Waals surface area contributed by atoms with E-state index < -0.39 is 39.9 Å². The maximum Gasteiger partial charge on any atom is 0.433 e. The highest BCUT2D eigenvalue weighted by Gasteiger charge is 2.45. The van der Waals surface area contributed by atoms with Crippen molar-refractivity contribution in [3.05, 3.63) is 29.6 Å². The predicted octanol–water partition coefficient (Wildman–Crippen LogP) is 1.51. The third-order valence-electron chi connectivity index (χ3n) is 7.22. The SMILES string of the molecule is C[C@@H]1CC[C@H](C(=O)NCc2ccc(C(F)(F)F)nc2)N1C(=O)[C@H]1CCCN(S(=O)(=O)N2CC(C#N)C2)C1. The number of aromatic nitrogens is 1. The van der Waals surface area contributed by atoms with E-state index in [2.05, 4.69) is 10.3 Å². The van der Waals surface area contributed by atoms with Crippen LogP contribution in [0.3, 0.4) is 0 Å². The van der Waals surface area contributed by atoms with Crippen molar-refractivity contribution < 1.29 is 31.2 Å². The van der Waals surface area contributed by atoms with Crippen LogP contribution in [-0.4, -0.2) is 77.0 Å². The van der Waals surface area contributed by atoms with Gasteiger partial charge in [0.2, 0.25) is 11.8 Å². The maximum absolute atomic E-state index is 13.5. The summed E-state index contributed by atoms with van der Waals surface area (Å²) >= 11 is 0. The number of likely N-dealkylation sites (tertiary alicyclic amines) is 1. The van der Waals surface area contributed by atoms with Gasteiger partial charge < -0.3 is 10.2 Å². The van der Waals surface area contributed by atoms with Gasteiger partial charge in [0.1, 0.15) is 11.7 Å². The molecule has 0 saturated carbocycles. The van der Waals surface area contributed by atoms with Gasteiger partial charge >= 0.3 is 6.18 Å². The van der Waals surface area contributed by atoms with Crippen LogP contribution in [0.5, 0.6) is 0 Å². The van der Waals surface area contributed by atoms with Gasteiger partial charge in [0, 0.05) is 45.0 Å². The largest absolute Gasteiger partial charge is 0.433 e. The van der Waals surface area contributed by atoms with E-state index in [1.807, 2.05) is 13.0 Å². The van der Waals surface area contributed by atoms with Crippen molar-refractivity contribution in [3.8, 4) is 6.07 Å². The Bertz CT molecular complexity index is 1160. The minimum absolute atomic E-state index is 0.0175. The number of carbonyl (C=O) groups is 2. The molecule has 4 heterocycles. The molecule has 3 atom stereocenters. The van der Waals surface area contributed by atoms with Gasteiger partial charge in [-0.1, -0.05) is 6.07 Å². The average Bonchev–Trinajstić information content (AvgIpc) is 3.22. The van der Waals surface area contributed by atoms with Gasteiger partial charge in [-0.05, 0) is 44.2 Å². The zero-order valence-electron chi connectivity index (χ0n) is 20.3. The lowest BCUT2D eigenvalue weighted by Crippen LogP contribution is -2.58. The third kappa shape index (κ3) is 5.73. The number of piperidine rings is 1. The molecular weight excluding hydrogens is 513 g/mol. The van der Waals surface area contributed by atoms with Gasteiger partial charge in [-0.15, -0.1) is 0 Å². The Kier molecular flexibility index (Phi) is 7.77. The van der Waals surface area contributed by atoms with E-state index in [1.165, 1.54) is 19.6 Å². The van der Waals surface area contributed by atoms with Crippen molar-refractivity contribution in [1.29, 1.82) is 5.26 Å². The van der Waals surface area contributed by atoms with Crippen LogP contribution in [0.2, 0.25) is 0 Å². The first kappa shape index (κ1) is 27.3. The number of pyridine rings is 1. The van der Waals surface area contributed by atoms with E-state index in [9.17, 15) is 31.2 Å². The molecule has 2 amide bonds. The summed E-state index contributed by atoms with van der Waals surface area (Å²) in [6.07, 6.45) is -1.46. The molecule has 1 N–H and O–H groups in total. The molecule has 1 aromatic rings. The highest BCUT2D eigenvalue weighted by atomic mass is 32.2. The first-order valence-corrected chi connectivity index (χ1v) is 13.6. The second kappa shape index (κ2) is 10.5. The lowest BCUT2D eigenvalue weighted by molar-refractivity contribution is -0.144. The molecule has 0 spiro atoms. The van der Waals surface area contributed by atoms with Crippen LogP contribution in [0.1, 0.15) is 43.9 Å². The lowest BCUT2D eigenvalue weighted by atomic mass is 9.97. The summed E-state index contributed by atoms with van der Waals surface area (Å²) in [5.41, 5.74) is -0.630. The predicted molar refractivity (Wildman–Crippen MR) is 124 cm³/mol. The number of amides is 2. The first-order chi connectivity index (χ1) is 17.4. The molecular formula is C23H29F3N6O4S. The van der Waals surface area contributed by atoms with Gasteiger partial charge in [-0.3, -0.25) is 14.6 Å². The molecule has 1 aromatic heterocycles. The highest BCUT2D eigenvalue weighted by Crippen LogP contribution is 2.31. The van der Waals surface area contributed by atoms with Gasteiger partial charge in [-0.25, -0.2) is 0 Å². The van der Waals surface area contributed by atoms with Crippen molar-refractivity contribution in [1.82, 2.24) is 23.8 Å². The number of hydrogen-bond donors (Lipinski definition) is 1. The smallest absolute Gasteiger partial charge is 0.350 e. The fraction of sp³-hybridized carbons (Fsp3) is 0.652. The van der Waals surface area contributed by atoms with Crippen LogP contribution in [-0.2, 0) is 32.5 Å². The Morgan fingerprint density at radius 2 is 1.89 bits per heavy atom. The summed E-state index contributed by atoms with van der Waals surface area (Å²) in [7, 11) is -3.76. The molecule has 0 unspecified atom stereocenters. The summed E-state index contributed by atoms with van der Waals surface area (Å²) in [5.74, 6) is -1.60. The topological polar surface area (TPSA) is 127 Å². The van der Waals surface area contributed by atoms with Crippen LogP contribution in [0.15, 0.2) is 18.3 Å². The summed E-state index contributed by atoms with van der Waals surface area (Å²) in [6, 6.07) is 3.17. The van der Waals surface area contributed by atoms with Crippen molar-refractivity contribution >= 4 is 22.0 Å². The second-order valence-electron chi connectivity index (χ2n) is 9.80. The molecule has 37 heavy (non-hydrogen) atoms. The molecule has 3 aliphatic heterocycles. The molecule has 3 saturated heterocycles. The Morgan fingerprint density at radius 3 is 2.51 bits per heavy atom. The van der Waals surface area contributed by atoms with Gasteiger partial charge in [0.05, 0.1) is 17.9 Å². The number of halogens is 3. The molecule has 0 radical (unpaired) electrons. The summed E-state index contributed by atoms with van der Waals surface area (Å²) in [6.45, 7) is 2.40. The van der Waals surface area contributed by atoms with Crippen LogP contribution in [0, 0.1) is 23.2 Å². The zero-order chi connectivity index (χ0) is 27.0. The highest BCUT2D eigenvalue weighted by molar-refractivity contribution is 7.86. The number of rotatable bonds is 6. The number of nitrogens with one attached hydrogen (secondary N) is 1. The molecule has 0 bridgehead atoms. The van der Waals surface area contributed by atoms with E-state index in [4.69, 9.17) is 5.26 Å². The third-order valence-corrected chi connectivity index (χ3v) is 9.16. The minimum Gasteiger partial charge on any atom is -0.350 e. The standard InChI is InChI=1S/C23H29F3N6O4S/c1-15-4-6-19(21(33)29-11-16-5-7-20(28-10-16)23(24,25)26)32(15)22(34)18-3-2-8-30(14-18)37(35,36)31-12-17(9-27)13-31/h5,7,10,15,17-19H,2-4,6,8,11-14H2,1H3,(H,29,33)/t15-,18+,19-/m1/s1. The summed E-state index contributed by atoms with van der Waals surface area (Å²) in [4.78, 5) is 31.4. The Hall–Kier alpha value is -2.76. The number of alkyl halides is 3.